The number of aromatic hydroxyl groups is 2. The van der Waals surface area contributed by atoms with Gasteiger partial charge < -0.3 is 24.0 Å². The number of aromatic amines is 1. The molecule has 0 radical (unpaired) electrons. The fourth-order valence-electron chi connectivity index (χ4n) is 4.31. The van der Waals surface area contributed by atoms with E-state index in [0.29, 0.717) is 12.2 Å². The largest absolute Gasteiger partial charge is 0.507 e. The first-order valence-electron chi connectivity index (χ1n) is 11.1. The van der Waals surface area contributed by atoms with Crippen LogP contribution in [0.2, 0.25) is 5.15 Å². The van der Waals surface area contributed by atoms with Gasteiger partial charge in [0.2, 0.25) is 0 Å². The third kappa shape index (κ3) is 3.85. The van der Waals surface area contributed by atoms with E-state index < -0.39 is 28.7 Å². The highest BCUT2D eigenvalue weighted by Gasteiger charge is 2.35. The van der Waals surface area contributed by atoms with Crippen molar-refractivity contribution >= 4 is 33.5 Å². The molecule has 178 valence electrons. The van der Waals surface area contributed by atoms with E-state index in [1.54, 1.807) is 48.5 Å². The average molecular weight is 493 g/mol. The standard InChI is InChI=1S/C26H21ClN2O6/c1-2-3-12-17-28-21(24(27)29-17)18(19-22(30)13-8-4-6-10-15(13)34-25(19)32)20-23(31)14-9-5-7-11-16(14)35-26(20)33/h4-11,18,30-31H,2-3,12H2,1H3,(H,28,29). The molecule has 0 fully saturated rings. The fourth-order valence-corrected chi connectivity index (χ4v) is 4.56. The van der Waals surface area contributed by atoms with Gasteiger partial charge in [0.1, 0.15) is 28.5 Å². The van der Waals surface area contributed by atoms with E-state index in [4.69, 9.17) is 20.4 Å². The number of H-pyrrole nitrogens is 1. The molecule has 3 aromatic heterocycles. The lowest BCUT2D eigenvalue weighted by Gasteiger charge is -2.18. The van der Waals surface area contributed by atoms with Crippen LogP contribution < -0.4 is 11.3 Å². The quantitative estimate of drug-likeness (QED) is 0.277. The van der Waals surface area contributed by atoms with Crippen molar-refractivity contribution in [3.05, 3.63) is 97.2 Å². The number of nitrogens with one attached hydrogen (secondary N) is 1. The Morgan fingerprint density at radius 3 is 1.94 bits per heavy atom. The van der Waals surface area contributed by atoms with Crippen LogP contribution in [-0.2, 0) is 6.42 Å². The minimum Gasteiger partial charge on any atom is -0.507 e. The number of imidazole rings is 1. The molecule has 5 aromatic rings. The first-order valence-corrected chi connectivity index (χ1v) is 11.5. The minimum absolute atomic E-state index is 0.0000188. The van der Waals surface area contributed by atoms with E-state index in [0.717, 1.165) is 12.8 Å². The molecule has 0 bridgehead atoms. The van der Waals surface area contributed by atoms with Crippen molar-refractivity contribution in [3.63, 3.8) is 0 Å². The summed E-state index contributed by atoms with van der Waals surface area (Å²) >= 11 is 6.49. The molecule has 0 unspecified atom stereocenters. The fraction of sp³-hybridized carbons (Fsp3) is 0.192. The van der Waals surface area contributed by atoms with Crippen molar-refractivity contribution in [2.45, 2.75) is 32.1 Å². The SMILES string of the molecule is CCCCc1nc(Cl)c(C(c2c(O)c3ccccc3oc2=O)c2c(O)c3ccccc3oc2=O)[nH]1. The zero-order valence-electron chi connectivity index (χ0n) is 18.7. The van der Waals surface area contributed by atoms with E-state index >= 15 is 0 Å². The van der Waals surface area contributed by atoms with Gasteiger partial charge in [-0.1, -0.05) is 49.2 Å². The Balaban J connectivity index is 1.86. The smallest absolute Gasteiger partial charge is 0.344 e. The number of aromatic nitrogens is 2. The summed E-state index contributed by atoms with van der Waals surface area (Å²) in [5.74, 6) is -1.58. The van der Waals surface area contributed by atoms with Crippen LogP contribution in [0.3, 0.4) is 0 Å². The van der Waals surface area contributed by atoms with Crippen LogP contribution in [-0.4, -0.2) is 20.2 Å². The van der Waals surface area contributed by atoms with E-state index in [9.17, 15) is 19.8 Å². The van der Waals surface area contributed by atoms with Gasteiger partial charge in [-0.15, -0.1) is 0 Å². The first-order chi connectivity index (χ1) is 16.9. The van der Waals surface area contributed by atoms with Crippen molar-refractivity contribution in [2.75, 3.05) is 0 Å². The maximum absolute atomic E-state index is 13.2. The van der Waals surface area contributed by atoms with Crippen LogP contribution in [0, 0.1) is 0 Å². The van der Waals surface area contributed by atoms with E-state index in [2.05, 4.69) is 9.97 Å². The number of halogens is 1. The summed E-state index contributed by atoms with van der Waals surface area (Å²) in [5.41, 5.74) is -1.81. The lowest BCUT2D eigenvalue weighted by Crippen LogP contribution is -2.22. The highest BCUT2D eigenvalue weighted by molar-refractivity contribution is 6.30. The number of para-hydroxylation sites is 2. The Kier molecular flexibility index (Phi) is 5.82. The van der Waals surface area contributed by atoms with E-state index in [1.807, 2.05) is 6.92 Å². The molecule has 3 heterocycles. The van der Waals surface area contributed by atoms with Gasteiger partial charge in [0.25, 0.3) is 0 Å². The second kappa shape index (κ2) is 8.96. The summed E-state index contributed by atoms with van der Waals surface area (Å²) in [7, 11) is 0. The van der Waals surface area contributed by atoms with Crippen LogP contribution in [0.15, 0.2) is 67.0 Å². The maximum Gasteiger partial charge on any atom is 0.344 e. The second-order valence-electron chi connectivity index (χ2n) is 8.22. The highest BCUT2D eigenvalue weighted by Crippen LogP contribution is 2.43. The number of hydrogen-bond acceptors (Lipinski definition) is 7. The van der Waals surface area contributed by atoms with Crippen molar-refractivity contribution in [1.82, 2.24) is 9.97 Å². The minimum atomic E-state index is -1.34. The van der Waals surface area contributed by atoms with Crippen LogP contribution in [0.5, 0.6) is 11.5 Å². The lowest BCUT2D eigenvalue weighted by atomic mass is 9.88. The van der Waals surface area contributed by atoms with Gasteiger partial charge in [-0.3, -0.25) is 0 Å². The van der Waals surface area contributed by atoms with Gasteiger partial charge in [-0.25, -0.2) is 14.6 Å². The molecule has 0 saturated carbocycles. The summed E-state index contributed by atoms with van der Waals surface area (Å²) in [6.45, 7) is 2.03. The molecular weight excluding hydrogens is 472 g/mol. The van der Waals surface area contributed by atoms with Crippen LogP contribution in [0.4, 0.5) is 0 Å². The summed E-state index contributed by atoms with van der Waals surface area (Å²) < 4.78 is 10.9. The van der Waals surface area contributed by atoms with Crippen molar-refractivity contribution in [3.8, 4) is 11.5 Å². The molecule has 3 N–H and O–H groups in total. The van der Waals surface area contributed by atoms with Gasteiger partial charge in [0.15, 0.2) is 5.15 Å². The molecule has 0 atom stereocenters. The third-order valence-corrected chi connectivity index (χ3v) is 6.30. The third-order valence-electron chi connectivity index (χ3n) is 6.01. The molecule has 0 spiro atoms. The Labute approximate surface area is 203 Å². The zero-order valence-corrected chi connectivity index (χ0v) is 19.4. The zero-order chi connectivity index (χ0) is 24.7. The van der Waals surface area contributed by atoms with Gasteiger partial charge in [0.05, 0.1) is 33.5 Å². The molecule has 5 rings (SSSR count). The topological polar surface area (TPSA) is 130 Å². The highest BCUT2D eigenvalue weighted by atomic mass is 35.5. The molecule has 9 heteroatoms. The monoisotopic (exact) mass is 492 g/mol. The van der Waals surface area contributed by atoms with Crippen LogP contribution >= 0.6 is 11.6 Å². The number of benzene rings is 2. The Hall–Kier alpha value is -4.04. The average Bonchev–Trinajstić information content (AvgIpc) is 3.21. The van der Waals surface area contributed by atoms with Crippen molar-refractivity contribution in [2.24, 2.45) is 0 Å². The Morgan fingerprint density at radius 1 is 0.914 bits per heavy atom. The molecule has 0 aliphatic heterocycles. The van der Waals surface area contributed by atoms with Crippen molar-refractivity contribution < 1.29 is 19.0 Å². The molecular formula is C26H21ClN2O6. The molecule has 0 amide bonds. The number of aryl methyl sites for hydroxylation is 1. The molecule has 0 saturated heterocycles. The molecule has 2 aromatic carbocycles. The molecule has 35 heavy (non-hydrogen) atoms. The Bertz CT molecular complexity index is 1580. The van der Waals surface area contributed by atoms with Gasteiger partial charge in [0, 0.05) is 6.42 Å². The number of hydrogen-bond donors (Lipinski definition) is 3. The number of nitrogens with zero attached hydrogens (tertiary/aromatic N) is 1. The summed E-state index contributed by atoms with van der Waals surface area (Å²) in [5, 5.41) is 22.9. The second-order valence-corrected chi connectivity index (χ2v) is 8.58. The Morgan fingerprint density at radius 2 is 1.43 bits per heavy atom. The summed E-state index contributed by atoms with van der Waals surface area (Å²) in [6, 6.07) is 12.9. The lowest BCUT2D eigenvalue weighted by molar-refractivity contribution is 0.440. The van der Waals surface area contributed by atoms with Gasteiger partial charge in [-0.05, 0) is 30.7 Å². The van der Waals surface area contributed by atoms with Crippen LogP contribution in [0.25, 0.3) is 21.9 Å². The van der Waals surface area contributed by atoms with Gasteiger partial charge >= 0.3 is 11.3 Å². The predicted molar refractivity (Wildman–Crippen MR) is 131 cm³/mol. The predicted octanol–water partition coefficient (Wildman–Crippen LogP) is 5.21. The molecule has 0 aliphatic rings. The maximum atomic E-state index is 13.2. The number of rotatable bonds is 6. The number of unbranched alkanes of at least 4 members (excludes halogenated alkanes) is 1. The normalized spacial score (nSPS) is 11.6. The summed E-state index contributed by atoms with van der Waals surface area (Å²) in [4.78, 5) is 33.8. The molecule has 0 aliphatic carbocycles. The van der Waals surface area contributed by atoms with E-state index in [-0.39, 0.29) is 43.9 Å². The number of fused-ring (bicyclic) bond motifs is 2. The van der Waals surface area contributed by atoms with Crippen molar-refractivity contribution in [1.29, 1.82) is 0 Å². The van der Waals surface area contributed by atoms with Crippen LogP contribution in [0.1, 0.15) is 48.3 Å². The van der Waals surface area contributed by atoms with E-state index in [1.165, 1.54) is 0 Å². The summed E-state index contributed by atoms with van der Waals surface area (Å²) in [6.07, 6.45) is 2.33. The molecule has 8 nitrogen and oxygen atoms in total. The first kappa shape index (κ1) is 22.7. The van der Waals surface area contributed by atoms with Gasteiger partial charge in [-0.2, -0.15) is 0 Å².